The second kappa shape index (κ2) is 6.60. The number of hydrogen-bond donors (Lipinski definition) is 0. The Kier molecular flexibility index (Phi) is 5.20. The van der Waals surface area contributed by atoms with Crippen LogP contribution < -0.4 is 0 Å². The molecule has 0 spiro atoms. The highest BCUT2D eigenvalue weighted by Crippen LogP contribution is 2.59. The molecule has 0 radical (unpaired) electrons. The molecule has 0 aromatic carbocycles. The summed E-state index contributed by atoms with van der Waals surface area (Å²) in [6.45, 7) is 11.0. The van der Waals surface area contributed by atoms with Crippen LogP contribution in [0.1, 0.15) is 67.2 Å². The summed E-state index contributed by atoms with van der Waals surface area (Å²) >= 11 is 0. The van der Waals surface area contributed by atoms with E-state index in [4.69, 9.17) is 14.2 Å². The molecule has 0 N–H and O–H groups in total. The van der Waals surface area contributed by atoms with Crippen LogP contribution in [0.5, 0.6) is 0 Å². The zero-order chi connectivity index (χ0) is 18.9. The van der Waals surface area contributed by atoms with E-state index in [0.717, 1.165) is 25.7 Å². The Morgan fingerprint density at radius 1 is 0.800 bits per heavy atom. The van der Waals surface area contributed by atoms with Crippen molar-refractivity contribution >= 4 is 11.9 Å². The second-order valence-electron chi connectivity index (χ2n) is 8.82. The first-order valence-corrected chi connectivity index (χ1v) is 8.91. The minimum Gasteiger partial charge on any atom is -0.457 e. The van der Waals surface area contributed by atoms with E-state index >= 15 is 0 Å². The molecular formula is C20H30O5. The summed E-state index contributed by atoms with van der Waals surface area (Å²) in [6, 6.07) is 0. The number of esters is 2. The largest absolute Gasteiger partial charge is 0.457 e. The number of ether oxygens (including phenoxy) is 3. The van der Waals surface area contributed by atoms with Crippen LogP contribution in [-0.4, -0.2) is 34.3 Å². The summed E-state index contributed by atoms with van der Waals surface area (Å²) in [7, 11) is 0. The molecule has 0 aromatic rings. The third kappa shape index (κ3) is 5.18. The van der Waals surface area contributed by atoms with Gasteiger partial charge in [0.05, 0.1) is 0 Å². The number of carbonyl (C=O) groups is 2. The Hall–Kier alpha value is -1.62. The SMILES string of the molecule is CC(C)(C)OC(=O)/C=C/[C@@]12CCCC[C@]1(/C=C/C(=O)OC(C)(C)C)O2. The monoisotopic (exact) mass is 350 g/mol. The number of hydrogen-bond acceptors (Lipinski definition) is 5. The molecule has 2 rings (SSSR count). The van der Waals surface area contributed by atoms with E-state index in [1.54, 1.807) is 12.2 Å². The van der Waals surface area contributed by atoms with E-state index in [-0.39, 0.29) is 11.9 Å². The molecule has 140 valence electrons. The van der Waals surface area contributed by atoms with E-state index in [0.29, 0.717) is 0 Å². The highest BCUT2D eigenvalue weighted by molar-refractivity contribution is 5.83. The van der Waals surface area contributed by atoms with E-state index in [9.17, 15) is 9.59 Å². The number of epoxide rings is 1. The van der Waals surface area contributed by atoms with Crippen LogP contribution in [0.4, 0.5) is 0 Å². The minimum atomic E-state index is -0.524. The molecule has 0 amide bonds. The summed E-state index contributed by atoms with van der Waals surface area (Å²) in [4.78, 5) is 23.9. The molecule has 5 heteroatoms. The topological polar surface area (TPSA) is 65.1 Å². The van der Waals surface area contributed by atoms with Gasteiger partial charge in [-0.25, -0.2) is 9.59 Å². The smallest absolute Gasteiger partial charge is 0.331 e. The van der Waals surface area contributed by atoms with Gasteiger partial charge in [-0.1, -0.05) is 0 Å². The highest BCUT2D eigenvalue weighted by atomic mass is 16.6. The van der Waals surface area contributed by atoms with Gasteiger partial charge in [-0.05, 0) is 79.4 Å². The van der Waals surface area contributed by atoms with Crippen LogP contribution in [0, 0.1) is 0 Å². The fourth-order valence-electron chi connectivity index (χ4n) is 3.19. The van der Waals surface area contributed by atoms with Crippen molar-refractivity contribution in [3.63, 3.8) is 0 Å². The van der Waals surface area contributed by atoms with Gasteiger partial charge in [0.1, 0.15) is 22.4 Å². The average Bonchev–Trinajstić information content (AvgIpc) is 3.09. The van der Waals surface area contributed by atoms with Gasteiger partial charge in [0.25, 0.3) is 0 Å². The normalized spacial score (nSPS) is 29.5. The maximum absolute atomic E-state index is 11.9. The lowest BCUT2D eigenvalue weighted by atomic mass is 9.79. The van der Waals surface area contributed by atoms with Gasteiger partial charge in [-0.2, -0.15) is 0 Å². The lowest BCUT2D eigenvalue weighted by molar-refractivity contribution is -0.149. The Morgan fingerprint density at radius 2 is 1.16 bits per heavy atom. The minimum absolute atomic E-state index is 0.382. The van der Waals surface area contributed by atoms with Gasteiger partial charge in [0.2, 0.25) is 0 Å². The third-order valence-electron chi connectivity index (χ3n) is 4.18. The molecule has 2 fully saturated rings. The number of rotatable bonds is 4. The highest BCUT2D eigenvalue weighted by Gasteiger charge is 2.67. The molecule has 5 nitrogen and oxygen atoms in total. The van der Waals surface area contributed by atoms with Gasteiger partial charge in [0, 0.05) is 12.2 Å². The maximum atomic E-state index is 11.9. The van der Waals surface area contributed by atoms with Gasteiger partial charge in [-0.15, -0.1) is 0 Å². The molecule has 2 aliphatic rings. The predicted octanol–water partition coefficient (Wildman–Crippen LogP) is 3.86. The zero-order valence-electron chi connectivity index (χ0n) is 16.2. The molecule has 1 heterocycles. The number of carbonyl (C=O) groups excluding carboxylic acids is 2. The molecule has 1 aliphatic heterocycles. The van der Waals surface area contributed by atoms with Crippen molar-refractivity contribution in [2.24, 2.45) is 0 Å². The summed E-state index contributed by atoms with van der Waals surface area (Å²) in [5, 5.41) is 0. The van der Waals surface area contributed by atoms with Gasteiger partial charge < -0.3 is 14.2 Å². The van der Waals surface area contributed by atoms with Crippen LogP contribution in [0.3, 0.4) is 0 Å². The summed E-state index contributed by atoms with van der Waals surface area (Å²) in [6.07, 6.45) is 10.2. The van der Waals surface area contributed by atoms with E-state index in [1.807, 2.05) is 41.5 Å². The van der Waals surface area contributed by atoms with E-state index in [2.05, 4.69) is 0 Å². The Labute approximate surface area is 150 Å². The number of fused-ring (bicyclic) bond motifs is 1. The summed E-state index contributed by atoms with van der Waals surface area (Å²) in [5.74, 6) is -0.763. The predicted molar refractivity (Wildman–Crippen MR) is 95.0 cm³/mol. The van der Waals surface area contributed by atoms with Crippen molar-refractivity contribution in [3.05, 3.63) is 24.3 Å². The van der Waals surface area contributed by atoms with Crippen molar-refractivity contribution in [3.8, 4) is 0 Å². The maximum Gasteiger partial charge on any atom is 0.331 e. The van der Waals surface area contributed by atoms with Crippen molar-refractivity contribution in [2.75, 3.05) is 0 Å². The molecule has 1 aliphatic carbocycles. The van der Waals surface area contributed by atoms with Crippen molar-refractivity contribution in [1.82, 2.24) is 0 Å². The van der Waals surface area contributed by atoms with Crippen LogP contribution in [0.25, 0.3) is 0 Å². The first-order chi connectivity index (χ1) is 11.4. The molecule has 25 heavy (non-hydrogen) atoms. The Bertz CT molecular complexity index is 538. The van der Waals surface area contributed by atoms with Crippen molar-refractivity contribution in [2.45, 2.75) is 89.6 Å². The standard InChI is InChI=1S/C20H30O5/c1-17(2,3)23-15(21)9-13-19-11-7-8-12-20(19,25-19)14-10-16(22)24-18(4,5)6/h9-10,13-14H,7-8,11-12H2,1-6H3/b13-9+,14-10+/t19-,20+. The molecule has 0 bridgehead atoms. The molecule has 0 aromatic heterocycles. The molecule has 1 saturated heterocycles. The van der Waals surface area contributed by atoms with Gasteiger partial charge >= 0.3 is 11.9 Å². The Morgan fingerprint density at radius 3 is 1.48 bits per heavy atom. The van der Waals surface area contributed by atoms with E-state index < -0.39 is 22.4 Å². The van der Waals surface area contributed by atoms with Crippen LogP contribution in [0.15, 0.2) is 24.3 Å². The quantitative estimate of drug-likeness (QED) is 0.437. The fraction of sp³-hybridized carbons (Fsp3) is 0.700. The van der Waals surface area contributed by atoms with Gasteiger partial charge in [0.15, 0.2) is 0 Å². The average molecular weight is 350 g/mol. The van der Waals surface area contributed by atoms with E-state index in [1.165, 1.54) is 12.2 Å². The molecule has 0 unspecified atom stereocenters. The lowest BCUT2D eigenvalue weighted by Gasteiger charge is -2.21. The zero-order valence-corrected chi connectivity index (χ0v) is 16.2. The first-order valence-electron chi connectivity index (χ1n) is 8.91. The fourth-order valence-corrected chi connectivity index (χ4v) is 3.19. The lowest BCUT2D eigenvalue weighted by Crippen LogP contribution is -2.28. The molecule has 1 saturated carbocycles. The van der Waals surface area contributed by atoms with Crippen LogP contribution in [-0.2, 0) is 23.8 Å². The van der Waals surface area contributed by atoms with Crippen molar-refractivity contribution in [1.29, 1.82) is 0 Å². The second-order valence-corrected chi connectivity index (χ2v) is 8.82. The Balaban J connectivity index is 2.05. The summed E-state index contributed by atoms with van der Waals surface area (Å²) in [5.41, 5.74) is -2.07. The molecule has 2 atom stereocenters. The third-order valence-corrected chi connectivity index (χ3v) is 4.18. The first kappa shape index (κ1) is 19.7. The van der Waals surface area contributed by atoms with Gasteiger partial charge in [-0.3, -0.25) is 0 Å². The van der Waals surface area contributed by atoms with Crippen LogP contribution >= 0.6 is 0 Å². The van der Waals surface area contributed by atoms with Crippen molar-refractivity contribution < 1.29 is 23.8 Å². The summed E-state index contributed by atoms with van der Waals surface area (Å²) < 4.78 is 16.6. The van der Waals surface area contributed by atoms with Crippen LogP contribution in [0.2, 0.25) is 0 Å². The molecular weight excluding hydrogens is 320 g/mol.